The number of methoxy groups -OCH3 is 1. The highest BCUT2D eigenvalue weighted by Gasteiger charge is 2.48. The Labute approximate surface area is 99.3 Å². The molecule has 0 unspecified atom stereocenters. The van der Waals surface area contributed by atoms with E-state index in [0.717, 1.165) is 6.42 Å². The van der Waals surface area contributed by atoms with Crippen LogP contribution in [0.1, 0.15) is 19.3 Å². The Morgan fingerprint density at radius 2 is 2.06 bits per heavy atom. The van der Waals surface area contributed by atoms with Crippen LogP contribution in [0.15, 0.2) is 24.3 Å². The van der Waals surface area contributed by atoms with Crippen molar-refractivity contribution >= 4 is 17.6 Å². The molecule has 4 heteroatoms. The fourth-order valence-electron chi connectivity index (χ4n) is 1.77. The quantitative estimate of drug-likeness (QED) is 0.763. The molecule has 0 atom stereocenters. The number of hydrogen-bond acceptors (Lipinski definition) is 3. The maximum Gasteiger partial charge on any atom is 0.350 e. The molecular weight excluding hydrogens is 228 g/mol. The number of carbonyl (C=O) groups is 1. The molecule has 1 aromatic rings. The molecule has 0 spiro atoms. The molecule has 1 aliphatic rings. The van der Waals surface area contributed by atoms with Crippen LogP contribution in [0.5, 0.6) is 5.75 Å². The Balaban J connectivity index is 2.19. The molecule has 2 rings (SSSR count). The number of halogens is 1. The molecule has 0 aliphatic heterocycles. The van der Waals surface area contributed by atoms with Gasteiger partial charge in [0.15, 0.2) is 0 Å². The molecule has 1 saturated carbocycles. The Morgan fingerprint density at radius 1 is 1.38 bits per heavy atom. The molecule has 0 radical (unpaired) electrons. The first-order chi connectivity index (χ1) is 7.68. The van der Waals surface area contributed by atoms with Gasteiger partial charge in [-0.15, -0.1) is 0 Å². The van der Waals surface area contributed by atoms with Gasteiger partial charge in [-0.2, -0.15) is 0 Å². The SMILES string of the molecule is COC(=O)C1(Oc2ccccc2Cl)CCC1. The van der Waals surface area contributed by atoms with Crippen LogP contribution in [0.25, 0.3) is 0 Å². The fraction of sp³-hybridized carbons (Fsp3) is 0.417. The van der Waals surface area contributed by atoms with E-state index in [1.54, 1.807) is 12.1 Å². The van der Waals surface area contributed by atoms with Crippen molar-refractivity contribution in [3.63, 3.8) is 0 Å². The van der Waals surface area contributed by atoms with Crippen molar-refractivity contribution < 1.29 is 14.3 Å². The highest BCUT2D eigenvalue weighted by molar-refractivity contribution is 6.32. The van der Waals surface area contributed by atoms with Crippen LogP contribution >= 0.6 is 11.6 Å². The zero-order valence-electron chi connectivity index (χ0n) is 9.03. The predicted octanol–water partition coefficient (Wildman–Crippen LogP) is 2.81. The first-order valence-electron chi connectivity index (χ1n) is 5.20. The second-order valence-corrected chi connectivity index (χ2v) is 4.28. The summed E-state index contributed by atoms with van der Waals surface area (Å²) in [5.41, 5.74) is -0.820. The molecule has 0 N–H and O–H groups in total. The van der Waals surface area contributed by atoms with Gasteiger partial charge in [-0.05, 0) is 31.4 Å². The van der Waals surface area contributed by atoms with Gasteiger partial charge in [-0.3, -0.25) is 0 Å². The largest absolute Gasteiger partial charge is 0.474 e. The van der Waals surface area contributed by atoms with Crippen LogP contribution in [-0.2, 0) is 9.53 Å². The standard InChI is InChI=1S/C12H13ClO3/c1-15-11(14)12(7-4-8-12)16-10-6-3-2-5-9(10)13/h2-3,5-6H,4,7-8H2,1H3. The number of esters is 1. The molecule has 0 saturated heterocycles. The summed E-state index contributed by atoms with van der Waals surface area (Å²) in [7, 11) is 1.37. The Morgan fingerprint density at radius 3 is 2.56 bits per heavy atom. The van der Waals surface area contributed by atoms with Crippen molar-refractivity contribution in [2.75, 3.05) is 7.11 Å². The summed E-state index contributed by atoms with van der Waals surface area (Å²) in [6.45, 7) is 0. The van der Waals surface area contributed by atoms with E-state index in [-0.39, 0.29) is 5.97 Å². The lowest BCUT2D eigenvalue weighted by Crippen LogP contribution is -2.51. The van der Waals surface area contributed by atoms with Gasteiger partial charge in [0.2, 0.25) is 5.60 Å². The van der Waals surface area contributed by atoms with Gasteiger partial charge < -0.3 is 9.47 Å². The van der Waals surface area contributed by atoms with Crippen molar-refractivity contribution in [3.8, 4) is 5.75 Å². The fourth-order valence-corrected chi connectivity index (χ4v) is 1.94. The minimum absolute atomic E-state index is 0.321. The number of carbonyl (C=O) groups excluding carboxylic acids is 1. The lowest BCUT2D eigenvalue weighted by atomic mass is 9.80. The molecule has 0 bridgehead atoms. The average molecular weight is 241 g/mol. The van der Waals surface area contributed by atoms with Crippen LogP contribution in [0.2, 0.25) is 5.02 Å². The molecule has 1 aliphatic carbocycles. The van der Waals surface area contributed by atoms with Gasteiger partial charge in [-0.1, -0.05) is 23.7 Å². The number of rotatable bonds is 3. The molecule has 1 aromatic carbocycles. The molecule has 1 fully saturated rings. The molecular formula is C12H13ClO3. The maximum absolute atomic E-state index is 11.6. The minimum Gasteiger partial charge on any atom is -0.474 e. The van der Waals surface area contributed by atoms with Crippen molar-refractivity contribution in [2.24, 2.45) is 0 Å². The number of ether oxygens (including phenoxy) is 2. The van der Waals surface area contributed by atoms with Crippen molar-refractivity contribution in [2.45, 2.75) is 24.9 Å². The van der Waals surface area contributed by atoms with Gasteiger partial charge in [0.1, 0.15) is 5.75 Å². The second-order valence-electron chi connectivity index (χ2n) is 3.87. The molecule has 0 aromatic heterocycles. The highest BCUT2D eigenvalue weighted by Crippen LogP contribution is 2.39. The smallest absolute Gasteiger partial charge is 0.350 e. The predicted molar refractivity (Wildman–Crippen MR) is 60.7 cm³/mol. The Hall–Kier alpha value is -1.22. The first kappa shape index (κ1) is 11.3. The summed E-state index contributed by atoms with van der Waals surface area (Å²) in [5.74, 6) is 0.216. The van der Waals surface area contributed by atoms with E-state index in [1.807, 2.05) is 12.1 Å². The van der Waals surface area contributed by atoms with E-state index >= 15 is 0 Å². The third-order valence-electron chi connectivity index (χ3n) is 2.86. The van der Waals surface area contributed by atoms with Crippen molar-refractivity contribution in [3.05, 3.63) is 29.3 Å². The number of benzene rings is 1. The minimum atomic E-state index is -0.820. The van der Waals surface area contributed by atoms with E-state index in [2.05, 4.69) is 0 Å². The van der Waals surface area contributed by atoms with Crippen LogP contribution in [0.3, 0.4) is 0 Å². The van der Waals surface area contributed by atoms with Crippen LogP contribution in [-0.4, -0.2) is 18.7 Å². The average Bonchev–Trinajstić information content (AvgIpc) is 2.25. The molecule has 16 heavy (non-hydrogen) atoms. The normalized spacial score (nSPS) is 17.4. The summed E-state index contributed by atoms with van der Waals surface area (Å²) >= 11 is 5.98. The van der Waals surface area contributed by atoms with Crippen LogP contribution in [0, 0.1) is 0 Å². The van der Waals surface area contributed by atoms with E-state index in [9.17, 15) is 4.79 Å². The van der Waals surface area contributed by atoms with Crippen LogP contribution < -0.4 is 4.74 Å². The molecule has 86 valence electrons. The second kappa shape index (κ2) is 4.34. The van der Waals surface area contributed by atoms with Crippen molar-refractivity contribution in [1.29, 1.82) is 0 Å². The zero-order valence-corrected chi connectivity index (χ0v) is 9.79. The lowest BCUT2D eigenvalue weighted by Gasteiger charge is -2.38. The topological polar surface area (TPSA) is 35.5 Å². The monoisotopic (exact) mass is 240 g/mol. The van der Waals surface area contributed by atoms with Gasteiger partial charge in [0, 0.05) is 0 Å². The van der Waals surface area contributed by atoms with E-state index in [0.29, 0.717) is 23.6 Å². The third-order valence-corrected chi connectivity index (χ3v) is 3.17. The van der Waals surface area contributed by atoms with Gasteiger partial charge in [0.25, 0.3) is 0 Å². The maximum atomic E-state index is 11.6. The summed E-state index contributed by atoms with van der Waals surface area (Å²) in [5, 5.41) is 0.512. The zero-order chi connectivity index (χ0) is 11.6. The number of para-hydroxylation sites is 1. The lowest BCUT2D eigenvalue weighted by molar-refractivity contribution is -0.167. The van der Waals surface area contributed by atoms with E-state index in [1.165, 1.54) is 7.11 Å². The number of hydrogen-bond donors (Lipinski definition) is 0. The summed E-state index contributed by atoms with van der Waals surface area (Å²) in [6.07, 6.45) is 2.34. The summed E-state index contributed by atoms with van der Waals surface area (Å²) in [4.78, 5) is 11.6. The van der Waals surface area contributed by atoms with E-state index < -0.39 is 5.60 Å². The third kappa shape index (κ3) is 1.87. The highest BCUT2D eigenvalue weighted by atomic mass is 35.5. The molecule has 0 heterocycles. The van der Waals surface area contributed by atoms with Crippen molar-refractivity contribution in [1.82, 2.24) is 0 Å². The van der Waals surface area contributed by atoms with Gasteiger partial charge in [0.05, 0.1) is 12.1 Å². The van der Waals surface area contributed by atoms with Gasteiger partial charge >= 0.3 is 5.97 Å². The first-order valence-corrected chi connectivity index (χ1v) is 5.58. The Bertz CT molecular complexity index is 399. The van der Waals surface area contributed by atoms with Gasteiger partial charge in [-0.25, -0.2) is 4.79 Å². The molecule has 0 amide bonds. The van der Waals surface area contributed by atoms with E-state index in [4.69, 9.17) is 21.1 Å². The summed E-state index contributed by atoms with van der Waals surface area (Å²) in [6, 6.07) is 7.14. The summed E-state index contributed by atoms with van der Waals surface area (Å²) < 4.78 is 10.5. The van der Waals surface area contributed by atoms with Crippen LogP contribution in [0.4, 0.5) is 0 Å². The Kier molecular flexibility index (Phi) is 3.06. The molecule has 3 nitrogen and oxygen atoms in total.